The molecule has 0 saturated carbocycles. The highest BCUT2D eigenvalue weighted by molar-refractivity contribution is 6.41. The van der Waals surface area contributed by atoms with Crippen LogP contribution >= 0.6 is 23.2 Å². The van der Waals surface area contributed by atoms with Crippen LogP contribution in [-0.4, -0.2) is 35.4 Å². The molecule has 24 heavy (non-hydrogen) atoms. The fraction of sp³-hybridized carbons (Fsp3) is 0.412. The molecule has 1 aliphatic heterocycles. The van der Waals surface area contributed by atoms with Gasteiger partial charge in [-0.05, 0) is 44.1 Å². The van der Waals surface area contributed by atoms with Crippen LogP contribution in [0.15, 0.2) is 35.1 Å². The Labute approximate surface area is 150 Å². The van der Waals surface area contributed by atoms with Crippen LogP contribution in [0.5, 0.6) is 0 Å². The quantitative estimate of drug-likeness (QED) is 0.813. The van der Waals surface area contributed by atoms with Gasteiger partial charge in [-0.25, -0.2) is 4.98 Å². The number of carbonyl (C=O) groups is 1. The minimum atomic E-state index is -0.227. The fourth-order valence-corrected chi connectivity index (χ4v) is 3.23. The van der Waals surface area contributed by atoms with Crippen molar-refractivity contribution in [3.63, 3.8) is 0 Å². The molecule has 0 spiro atoms. The van der Waals surface area contributed by atoms with Gasteiger partial charge in [-0.15, -0.1) is 0 Å². The molecule has 7 heteroatoms. The average Bonchev–Trinajstić information content (AvgIpc) is 3.12. The number of aromatic nitrogens is 1. The monoisotopic (exact) mass is 367 g/mol. The molecule has 3 rings (SSSR count). The van der Waals surface area contributed by atoms with E-state index in [1.54, 1.807) is 6.26 Å². The van der Waals surface area contributed by atoms with Gasteiger partial charge in [0.25, 0.3) is 5.91 Å². The van der Waals surface area contributed by atoms with E-state index in [1.807, 2.05) is 12.1 Å². The molecule has 2 aromatic rings. The standard InChI is InChI=1S/C17H19Cl2N3O2/c18-13-9-12(10-20-16(13)19)17(23)21-11-14(15-5-4-8-24-15)22-6-2-1-3-7-22/h4-5,8-10,14H,1-3,6-7,11H2,(H,21,23)/t14-/m1/s1. The number of nitrogens with zero attached hydrogens (tertiary/aromatic N) is 2. The maximum absolute atomic E-state index is 12.4. The molecule has 1 N–H and O–H groups in total. The van der Waals surface area contributed by atoms with Crippen LogP contribution in [0.4, 0.5) is 0 Å². The molecular formula is C17H19Cl2N3O2. The molecule has 1 amide bonds. The van der Waals surface area contributed by atoms with Gasteiger partial charge in [0, 0.05) is 12.7 Å². The highest BCUT2D eigenvalue weighted by atomic mass is 35.5. The number of hydrogen-bond acceptors (Lipinski definition) is 4. The van der Waals surface area contributed by atoms with Crippen LogP contribution in [0.3, 0.4) is 0 Å². The summed E-state index contributed by atoms with van der Waals surface area (Å²) in [5.74, 6) is 0.638. The first kappa shape index (κ1) is 17.3. The van der Waals surface area contributed by atoms with Crippen molar-refractivity contribution >= 4 is 29.1 Å². The second-order valence-corrected chi connectivity index (χ2v) is 6.60. The van der Waals surface area contributed by atoms with Crippen molar-refractivity contribution < 1.29 is 9.21 Å². The van der Waals surface area contributed by atoms with Gasteiger partial charge in [0.05, 0.1) is 22.9 Å². The smallest absolute Gasteiger partial charge is 0.252 e. The first-order valence-corrected chi connectivity index (χ1v) is 8.77. The molecule has 0 radical (unpaired) electrons. The van der Waals surface area contributed by atoms with E-state index in [2.05, 4.69) is 15.2 Å². The third-order valence-electron chi connectivity index (χ3n) is 4.22. The lowest BCUT2D eigenvalue weighted by atomic mass is 10.1. The summed E-state index contributed by atoms with van der Waals surface area (Å²) in [6, 6.07) is 5.37. The molecule has 0 aromatic carbocycles. The number of nitrogens with one attached hydrogen (secondary N) is 1. The zero-order valence-corrected chi connectivity index (χ0v) is 14.7. The lowest BCUT2D eigenvalue weighted by Gasteiger charge is -2.33. The van der Waals surface area contributed by atoms with Gasteiger partial charge >= 0.3 is 0 Å². The Kier molecular flexibility index (Phi) is 5.76. The van der Waals surface area contributed by atoms with E-state index in [-0.39, 0.29) is 22.1 Å². The Hall–Kier alpha value is -1.56. The third kappa shape index (κ3) is 4.09. The van der Waals surface area contributed by atoms with Crippen LogP contribution in [-0.2, 0) is 0 Å². The summed E-state index contributed by atoms with van der Waals surface area (Å²) in [4.78, 5) is 18.6. The number of halogens is 2. The number of carbonyl (C=O) groups excluding carboxylic acids is 1. The molecule has 0 aliphatic carbocycles. The summed E-state index contributed by atoms with van der Waals surface area (Å²) in [6.07, 6.45) is 6.68. The topological polar surface area (TPSA) is 58.4 Å². The second-order valence-electron chi connectivity index (χ2n) is 5.83. The molecule has 1 saturated heterocycles. The molecule has 3 heterocycles. The zero-order chi connectivity index (χ0) is 16.9. The van der Waals surface area contributed by atoms with Gasteiger partial charge in [-0.1, -0.05) is 29.6 Å². The predicted molar refractivity (Wildman–Crippen MR) is 93.5 cm³/mol. The third-order valence-corrected chi connectivity index (χ3v) is 4.90. The highest BCUT2D eigenvalue weighted by Gasteiger charge is 2.25. The van der Waals surface area contributed by atoms with Crippen molar-refractivity contribution in [1.82, 2.24) is 15.2 Å². The van der Waals surface area contributed by atoms with Gasteiger partial charge in [-0.3, -0.25) is 9.69 Å². The fourth-order valence-electron chi connectivity index (χ4n) is 2.96. The summed E-state index contributed by atoms with van der Waals surface area (Å²) < 4.78 is 5.58. The van der Waals surface area contributed by atoms with Crippen LogP contribution in [0.2, 0.25) is 10.2 Å². The molecule has 128 valence electrons. The van der Waals surface area contributed by atoms with Gasteiger partial charge in [0.15, 0.2) is 0 Å². The second kappa shape index (κ2) is 8.01. The number of pyridine rings is 1. The molecule has 2 aromatic heterocycles. The zero-order valence-electron chi connectivity index (χ0n) is 13.2. The van der Waals surface area contributed by atoms with Crippen LogP contribution in [0, 0.1) is 0 Å². The van der Waals surface area contributed by atoms with Crippen LogP contribution in [0.25, 0.3) is 0 Å². The molecular weight excluding hydrogens is 349 g/mol. The van der Waals surface area contributed by atoms with Crippen LogP contribution < -0.4 is 5.32 Å². The number of furan rings is 1. The van der Waals surface area contributed by atoms with E-state index >= 15 is 0 Å². The van der Waals surface area contributed by atoms with E-state index in [0.29, 0.717) is 12.1 Å². The predicted octanol–water partition coefficient (Wildman–Crippen LogP) is 3.94. The van der Waals surface area contributed by atoms with Gasteiger partial charge in [-0.2, -0.15) is 0 Å². The minimum Gasteiger partial charge on any atom is -0.468 e. The maximum Gasteiger partial charge on any atom is 0.252 e. The lowest BCUT2D eigenvalue weighted by Crippen LogP contribution is -2.40. The van der Waals surface area contributed by atoms with Crippen molar-refractivity contribution in [2.24, 2.45) is 0 Å². The van der Waals surface area contributed by atoms with Crippen molar-refractivity contribution in [2.75, 3.05) is 19.6 Å². The van der Waals surface area contributed by atoms with E-state index in [9.17, 15) is 4.79 Å². The molecule has 1 fully saturated rings. The number of piperidine rings is 1. The Bertz CT molecular complexity index is 685. The Morgan fingerprint density at radius 2 is 2.12 bits per heavy atom. The molecule has 1 aliphatic rings. The number of amides is 1. The number of hydrogen-bond donors (Lipinski definition) is 1. The molecule has 0 unspecified atom stereocenters. The minimum absolute atomic E-state index is 0.0278. The van der Waals surface area contributed by atoms with E-state index in [0.717, 1.165) is 18.8 Å². The summed E-state index contributed by atoms with van der Waals surface area (Å²) >= 11 is 11.7. The van der Waals surface area contributed by atoms with E-state index < -0.39 is 0 Å². The average molecular weight is 368 g/mol. The Balaban J connectivity index is 1.68. The van der Waals surface area contributed by atoms with Gasteiger partial charge in [0.1, 0.15) is 10.9 Å². The van der Waals surface area contributed by atoms with Crippen molar-refractivity contribution in [3.8, 4) is 0 Å². The van der Waals surface area contributed by atoms with Crippen LogP contribution in [0.1, 0.15) is 41.4 Å². The molecule has 0 bridgehead atoms. The van der Waals surface area contributed by atoms with Gasteiger partial charge < -0.3 is 9.73 Å². The Morgan fingerprint density at radius 3 is 2.79 bits per heavy atom. The maximum atomic E-state index is 12.4. The summed E-state index contributed by atoms with van der Waals surface area (Å²) in [5.41, 5.74) is 0.390. The largest absolute Gasteiger partial charge is 0.468 e. The van der Waals surface area contributed by atoms with Gasteiger partial charge in [0.2, 0.25) is 0 Å². The SMILES string of the molecule is O=C(NC[C@H](c1ccco1)N1CCCCC1)c1cnc(Cl)c(Cl)c1. The van der Waals surface area contributed by atoms with Crippen molar-refractivity contribution in [2.45, 2.75) is 25.3 Å². The van der Waals surface area contributed by atoms with Crippen molar-refractivity contribution in [3.05, 3.63) is 52.2 Å². The Morgan fingerprint density at radius 1 is 1.33 bits per heavy atom. The van der Waals surface area contributed by atoms with E-state index in [1.165, 1.54) is 31.5 Å². The first-order valence-electron chi connectivity index (χ1n) is 8.02. The number of rotatable bonds is 5. The normalized spacial score (nSPS) is 16.8. The van der Waals surface area contributed by atoms with E-state index in [4.69, 9.17) is 27.6 Å². The first-order chi connectivity index (χ1) is 11.6. The summed E-state index contributed by atoms with van der Waals surface area (Å²) in [6.45, 7) is 2.48. The van der Waals surface area contributed by atoms with Crippen molar-refractivity contribution in [1.29, 1.82) is 0 Å². The molecule has 1 atom stereocenters. The summed E-state index contributed by atoms with van der Waals surface area (Å²) in [7, 11) is 0. The lowest BCUT2D eigenvalue weighted by molar-refractivity contribution is 0.0914. The summed E-state index contributed by atoms with van der Waals surface area (Å²) in [5, 5.41) is 3.41. The molecule has 5 nitrogen and oxygen atoms in total. The highest BCUT2D eigenvalue weighted by Crippen LogP contribution is 2.25. The number of likely N-dealkylation sites (tertiary alicyclic amines) is 1.